The van der Waals surface area contributed by atoms with E-state index in [4.69, 9.17) is 0 Å². The first-order chi connectivity index (χ1) is 13.1. The van der Waals surface area contributed by atoms with E-state index in [1.165, 1.54) is 0 Å². The third-order valence-electron chi connectivity index (χ3n) is 4.76. The first kappa shape index (κ1) is 19.0. The summed E-state index contributed by atoms with van der Waals surface area (Å²) in [7, 11) is 0. The van der Waals surface area contributed by atoms with Gasteiger partial charge in [0.05, 0.1) is 12.4 Å². The number of hydrogen-bond acceptors (Lipinski definition) is 5. The van der Waals surface area contributed by atoms with Gasteiger partial charge in [-0.1, -0.05) is 6.92 Å². The van der Waals surface area contributed by atoms with Crippen LogP contribution in [0.3, 0.4) is 0 Å². The van der Waals surface area contributed by atoms with Crippen LogP contribution in [0.2, 0.25) is 0 Å². The fourth-order valence-electron chi connectivity index (χ4n) is 3.42. The lowest BCUT2D eigenvalue weighted by Gasteiger charge is -2.22. The van der Waals surface area contributed by atoms with Gasteiger partial charge in [-0.25, -0.2) is 4.98 Å². The number of rotatable bonds is 7. The van der Waals surface area contributed by atoms with Crippen LogP contribution in [-0.2, 0) is 17.8 Å². The Morgan fingerprint density at radius 1 is 1.37 bits per heavy atom. The molecule has 144 valence electrons. The number of nitrogens with one attached hydrogen (secondary N) is 3. The fraction of sp³-hybridized carbons (Fsp3) is 0.474. The van der Waals surface area contributed by atoms with Gasteiger partial charge in [0.1, 0.15) is 0 Å². The van der Waals surface area contributed by atoms with Crippen molar-refractivity contribution in [2.75, 3.05) is 13.1 Å². The molecule has 3 heterocycles. The lowest BCUT2D eigenvalue weighted by molar-refractivity contribution is -0.125. The molecule has 27 heavy (non-hydrogen) atoms. The molecule has 1 fully saturated rings. The third kappa shape index (κ3) is 4.71. The van der Waals surface area contributed by atoms with Crippen molar-refractivity contribution in [2.45, 2.75) is 45.3 Å². The summed E-state index contributed by atoms with van der Waals surface area (Å²) in [4.78, 5) is 38.5. The second kappa shape index (κ2) is 8.77. The Balaban J connectivity index is 1.68. The van der Waals surface area contributed by atoms with E-state index in [1.807, 2.05) is 19.9 Å². The number of amides is 2. The largest absolute Gasteiger partial charge is 0.355 e. The lowest BCUT2D eigenvalue weighted by Crippen LogP contribution is -2.42. The van der Waals surface area contributed by atoms with Gasteiger partial charge < -0.3 is 15.6 Å². The Morgan fingerprint density at radius 3 is 2.93 bits per heavy atom. The van der Waals surface area contributed by atoms with Gasteiger partial charge in [-0.15, -0.1) is 0 Å². The number of aromatic amines is 1. The summed E-state index contributed by atoms with van der Waals surface area (Å²) in [5, 5.41) is 5.96. The van der Waals surface area contributed by atoms with E-state index in [-0.39, 0.29) is 23.9 Å². The predicted molar refractivity (Wildman–Crippen MR) is 101 cm³/mol. The molecule has 1 saturated heterocycles. The lowest BCUT2D eigenvalue weighted by atomic mass is 10.1. The van der Waals surface area contributed by atoms with E-state index >= 15 is 0 Å². The van der Waals surface area contributed by atoms with Crippen LogP contribution in [0.25, 0.3) is 0 Å². The highest BCUT2D eigenvalue weighted by Crippen LogP contribution is 2.21. The highest BCUT2D eigenvalue weighted by molar-refractivity contribution is 5.94. The monoisotopic (exact) mass is 370 g/mol. The second-order valence-corrected chi connectivity index (χ2v) is 6.71. The molecule has 1 aliphatic rings. The minimum atomic E-state index is -0.276. The minimum Gasteiger partial charge on any atom is -0.355 e. The first-order valence-electron chi connectivity index (χ1n) is 9.35. The maximum atomic E-state index is 12.6. The van der Waals surface area contributed by atoms with Crippen LogP contribution in [0.15, 0.2) is 30.9 Å². The Bertz CT molecular complexity index is 776. The maximum absolute atomic E-state index is 12.6. The third-order valence-corrected chi connectivity index (χ3v) is 4.76. The molecule has 2 atom stereocenters. The average Bonchev–Trinajstić information content (AvgIpc) is 3.32. The number of aryl methyl sites for hydroxylation is 1. The van der Waals surface area contributed by atoms with Gasteiger partial charge >= 0.3 is 0 Å². The van der Waals surface area contributed by atoms with Crippen molar-refractivity contribution in [3.05, 3.63) is 47.8 Å². The molecule has 1 aliphatic heterocycles. The zero-order valence-corrected chi connectivity index (χ0v) is 15.7. The van der Waals surface area contributed by atoms with Crippen molar-refractivity contribution in [1.82, 2.24) is 30.5 Å². The first-order valence-corrected chi connectivity index (χ1v) is 9.35. The van der Waals surface area contributed by atoms with Gasteiger partial charge in [-0.3, -0.25) is 19.5 Å². The predicted octanol–water partition coefficient (Wildman–Crippen LogP) is 0.876. The summed E-state index contributed by atoms with van der Waals surface area (Å²) in [6.07, 6.45) is 6.40. The van der Waals surface area contributed by atoms with Crippen LogP contribution in [-0.4, -0.2) is 56.8 Å². The molecule has 0 unspecified atom stereocenters. The average molecular weight is 370 g/mol. The molecule has 3 rings (SSSR count). The highest BCUT2D eigenvalue weighted by Gasteiger charge is 2.37. The van der Waals surface area contributed by atoms with Gasteiger partial charge in [0.2, 0.25) is 5.91 Å². The summed E-state index contributed by atoms with van der Waals surface area (Å²) >= 11 is 0. The number of carbonyl (C=O) groups is 2. The molecular formula is C19H26N6O2. The summed E-state index contributed by atoms with van der Waals surface area (Å²) < 4.78 is 0. The van der Waals surface area contributed by atoms with Crippen molar-refractivity contribution in [1.29, 1.82) is 0 Å². The van der Waals surface area contributed by atoms with Gasteiger partial charge in [0, 0.05) is 55.0 Å². The van der Waals surface area contributed by atoms with E-state index in [1.54, 1.807) is 24.8 Å². The second-order valence-electron chi connectivity index (χ2n) is 6.71. The SMILES string of the molecule is CCNC(=O)[C@@H]1C[C@H](NC(=O)c2ccnc(CC)c2)CN1Cc1cnc[nH]1. The van der Waals surface area contributed by atoms with Gasteiger partial charge in [-0.2, -0.15) is 0 Å². The number of imidazole rings is 1. The molecule has 2 aromatic heterocycles. The topological polar surface area (TPSA) is 103 Å². The highest BCUT2D eigenvalue weighted by atomic mass is 16.2. The van der Waals surface area contributed by atoms with E-state index in [0.29, 0.717) is 31.6 Å². The van der Waals surface area contributed by atoms with Crippen molar-refractivity contribution in [3.8, 4) is 0 Å². The molecule has 0 radical (unpaired) electrons. The van der Waals surface area contributed by atoms with E-state index in [2.05, 4.69) is 30.5 Å². The number of hydrogen-bond donors (Lipinski definition) is 3. The summed E-state index contributed by atoms with van der Waals surface area (Å²) in [6, 6.07) is 3.16. The summed E-state index contributed by atoms with van der Waals surface area (Å²) in [6.45, 7) is 5.69. The molecule has 0 bridgehead atoms. The normalized spacial score (nSPS) is 19.8. The number of nitrogens with zero attached hydrogens (tertiary/aromatic N) is 3. The van der Waals surface area contributed by atoms with E-state index < -0.39 is 0 Å². The Labute approximate surface area is 158 Å². The quantitative estimate of drug-likeness (QED) is 0.671. The van der Waals surface area contributed by atoms with Gasteiger partial charge in [0.25, 0.3) is 5.91 Å². The van der Waals surface area contributed by atoms with Crippen molar-refractivity contribution < 1.29 is 9.59 Å². The Morgan fingerprint density at radius 2 is 2.22 bits per heavy atom. The number of aromatic nitrogens is 3. The zero-order chi connectivity index (χ0) is 19.2. The van der Waals surface area contributed by atoms with E-state index in [0.717, 1.165) is 17.8 Å². The van der Waals surface area contributed by atoms with Crippen molar-refractivity contribution >= 4 is 11.8 Å². The van der Waals surface area contributed by atoms with Crippen LogP contribution >= 0.6 is 0 Å². The Kier molecular flexibility index (Phi) is 6.18. The van der Waals surface area contributed by atoms with Gasteiger partial charge in [-0.05, 0) is 31.9 Å². The fourth-order valence-corrected chi connectivity index (χ4v) is 3.42. The number of likely N-dealkylation sites (tertiary alicyclic amines) is 1. The smallest absolute Gasteiger partial charge is 0.251 e. The van der Waals surface area contributed by atoms with Crippen LogP contribution in [0.1, 0.15) is 42.0 Å². The molecule has 0 saturated carbocycles. The molecule has 0 spiro atoms. The standard InChI is InChI=1S/C19H26N6O2/c1-3-14-7-13(5-6-22-14)18(26)24-15-8-17(19(27)21-4-2)25(10-15)11-16-9-20-12-23-16/h5-7,9,12,15,17H,3-4,8,10-11H2,1-2H3,(H,20,23)(H,21,27)(H,24,26)/t15-,17-/m0/s1. The van der Waals surface area contributed by atoms with Gasteiger partial charge in [0.15, 0.2) is 0 Å². The van der Waals surface area contributed by atoms with Crippen molar-refractivity contribution in [2.24, 2.45) is 0 Å². The number of carbonyl (C=O) groups excluding carboxylic acids is 2. The molecule has 8 nitrogen and oxygen atoms in total. The number of pyridine rings is 1. The number of likely N-dealkylation sites (N-methyl/N-ethyl adjacent to an activating group) is 1. The summed E-state index contributed by atoms with van der Waals surface area (Å²) in [5.41, 5.74) is 2.43. The van der Waals surface area contributed by atoms with Crippen LogP contribution in [0.4, 0.5) is 0 Å². The van der Waals surface area contributed by atoms with Crippen LogP contribution < -0.4 is 10.6 Å². The minimum absolute atomic E-state index is 0.00838. The van der Waals surface area contributed by atoms with Crippen LogP contribution in [0.5, 0.6) is 0 Å². The molecule has 3 N–H and O–H groups in total. The summed E-state index contributed by atoms with van der Waals surface area (Å²) in [5.74, 6) is -0.138. The zero-order valence-electron chi connectivity index (χ0n) is 15.7. The Hall–Kier alpha value is -2.74. The number of H-pyrrole nitrogens is 1. The van der Waals surface area contributed by atoms with E-state index in [9.17, 15) is 9.59 Å². The molecular weight excluding hydrogens is 344 g/mol. The van der Waals surface area contributed by atoms with Crippen molar-refractivity contribution in [3.63, 3.8) is 0 Å². The molecule has 2 aromatic rings. The molecule has 2 amide bonds. The molecule has 8 heteroatoms. The van der Waals surface area contributed by atoms with Crippen LogP contribution in [0, 0.1) is 0 Å². The molecule has 0 aliphatic carbocycles. The maximum Gasteiger partial charge on any atom is 0.251 e. The molecule has 0 aromatic carbocycles.